The zero-order chi connectivity index (χ0) is 8.97. The molecule has 5 nitrogen and oxygen atoms in total. The molecular weight excluding hydrogens is 158 g/mol. The monoisotopic (exact) mass is 167 g/mol. The highest BCUT2D eigenvalue weighted by molar-refractivity contribution is 5.87. The molecule has 0 radical (unpaired) electrons. The second kappa shape index (κ2) is 3.56. The fraction of sp³-hybridized carbons (Fsp3) is 0.143. The van der Waals surface area contributed by atoms with E-state index in [-0.39, 0.29) is 0 Å². The fourth-order valence-corrected chi connectivity index (χ4v) is 0.741. The van der Waals surface area contributed by atoms with Crippen molar-refractivity contribution in [2.75, 3.05) is 12.4 Å². The normalized spacial score (nSPS) is 9.08. The number of methoxy groups -OCH3 is 1. The van der Waals surface area contributed by atoms with E-state index >= 15 is 0 Å². The number of ether oxygens (including phenoxy) is 1. The van der Waals surface area contributed by atoms with Gasteiger partial charge in [0.2, 0.25) is 5.88 Å². The molecule has 0 aliphatic carbocycles. The smallest absolute Gasteiger partial charge is 0.316 e. The summed E-state index contributed by atoms with van der Waals surface area (Å²) < 4.78 is 4.83. The Hall–Kier alpha value is -1.78. The van der Waals surface area contributed by atoms with Gasteiger partial charge in [0.25, 0.3) is 0 Å². The second-order valence-corrected chi connectivity index (χ2v) is 2.08. The number of nitrogens with one attached hydrogen (secondary N) is 1. The number of urea groups is 1. The molecule has 12 heavy (non-hydrogen) atoms. The van der Waals surface area contributed by atoms with Crippen molar-refractivity contribution in [1.82, 2.24) is 4.98 Å². The van der Waals surface area contributed by atoms with Crippen LogP contribution in [0.3, 0.4) is 0 Å². The summed E-state index contributed by atoms with van der Waals surface area (Å²) in [7, 11) is 1.50. The van der Waals surface area contributed by atoms with Crippen LogP contribution in [0.5, 0.6) is 5.88 Å². The average molecular weight is 167 g/mol. The molecule has 0 fully saturated rings. The van der Waals surface area contributed by atoms with Crippen molar-refractivity contribution in [2.24, 2.45) is 5.73 Å². The van der Waals surface area contributed by atoms with Crippen LogP contribution in [0.25, 0.3) is 0 Å². The predicted molar refractivity (Wildman–Crippen MR) is 44.0 cm³/mol. The SMILES string of the molecule is COc1cc(NC(N)=O)ccn1. The number of hydrogen-bond donors (Lipinski definition) is 2. The van der Waals surface area contributed by atoms with Crippen molar-refractivity contribution in [3.05, 3.63) is 18.3 Å². The van der Waals surface area contributed by atoms with Gasteiger partial charge in [-0.2, -0.15) is 0 Å². The molecule has 1 aromatic rings. The van der Waals surface area contributed by atoms with E-state index in [1.807, 2.05) is 0 Å². The highest BCUT2D eigenvalue weighted by Gasteiger charge is 1.97. The summed E-state index contributed by atoms with van der Waals surface area (Å²) >= 11 is 0. The molecule has 0 aliphatic rings. The van der Waals surface area contributed by atoms with Crippen LogP contribution in [-0.4, -0.2) is 18.1 Å². The number of carbonyl (C=O) groups is 1. The maximum Gasteiger partial charge on any atom is 0.316 e. The Morgan fingerprint density at radius 2 is 2.50 bits per heavy atom. The van der Waals surface area contributed by atoms with Gasteiger partial charge in [0.05, 0.1) is 7.11 Å². The number of primary amides is 1. The minimum absolute atomic E-state index is 0.432. The summed E-state index contributed by atoms with van der Waals surface area (Å²) in [6, 6.07) is 2.58. The molecule has 0 atom stereocenters. The summed E-state index contributed by atoms with van der Waals surface area (Å²) in [5.41, 5.74) is 5.47. The third-order valence-electron chi connectivity index (χ3n) is 1.21. The van der Waals surface area contributed by atoms with Crippen LogP contribution >= 0.6 is 0 Å². The number of rotatable bonds is 2. The Balaban J connectivity index is 2.79. The van der Waals surface area contributed by atoms with Crippen LogP contribution in [0.2, 0.25) is 0 Å². The number of anilines is 1. The van der Waals surface area contributed by atoms with Crippen molar-refractivity contribution in [3.8, 4) is 5.88 Å². The number of nitrogens with two attached hydrogens (primary N) is 1. The first-order valence-electron chi connectivity index (χ1n) is 3.29. The van der Waals surface area contributed by atoms with E-state index in [0.29, 0.717) is 11.6 Å². The van der Waals surface area contributed by atoms with Gasteiger partial charge in [-0.15, -0.1) is 0 Å². The molecule has 0 saturated heterocycles. The molecule has 1 aromatic heterocycles. The van der Waals surface area contributed by atoms with E-state index in [0.717, 1.165) is 0 Å². The molecule has 0 aromatic carbocycles. The Labute approximate surface area is 69.5 Å². The lowest BCUT2D eigenvalue weighted by Gasteiger charge is -2.02. The Kier molecular flexibility index (Phi) is 2.47. The molecule has 0 unspecified atom stereocenters. The second-order valence-electron chi connectivity index (χ2n) is 2.08. The zero-order valence-electron chi connectivity index (χ0n) is 6.57. The van der Waals surface area contributed by atoms with Gasteiger partial charge in [0.1, 0.15) is 0 Å². The molecule has 5 heteroatoms. The van der Waals surface area contributed by atoms with E-state index in [2.05, 4.69) is 10.3 Å². The molecule has 0 saturated carbocycles. The van der Waals surface area contributed by atoms with Gasteiger partial charge in [-0.25, -0.2) is 9.78 Å². The molecule has 0 bridgehead atoms. The van der Waals surface area contributed by atoms with Crippen LogP contribution in [0.1, 0.15) is 0 Å². The lowest BCUT2D eigenvalue weighted by Crippen LogP contribution is -2.19. The number of pyridine rings is 1. The first kappa shape index (κ1) is 8.32. The van der Waals surface area contributed by atoms with Crippen molar-refractivity contribution >= 4 is 11.7 Å². The third kappa shape index (κ3) is 2.12. The quantitative estimate of drug-likeness (QED) is 0.676. The van der Waals surface area contributed by atoms with E-state index in [1.165, 1.54) is 13.3 Å². The molecule has 0 aliphatic heterocycles. The minimum Gasteiger partial charge on any atom is -0.481 e. The molecule has 0 spiro atoms. The largest absolute Gasteiger partial charge is 0.481 e. The highest BCUT2D eigenvalue weighted by Crippen LogP contribution is 2.12. The van der Waals surface area contributed by atoms with Gasteiger partial charge in [0, 0.05) is 18.0 Å². The zero-order valence-corrected chi connectivity index (χ0v) is 6.57. The highest BCUT2D eigenvalue weighted by atomic mass is 16.5. The van der Waals surface area contributed by atoms with E-state index < -0.39 is 6.03 Å². The summed E-state index contributed by atoms with van der Waals surface area (Å²) in [5.74, 6) is 0.432. The van der Waals surface area contributed by atoms with Gasteiger partial charge in [-0.05, 0) is 6.07 Å². The summed E-state index contributed by atoms with van der Waals surface area (Å²) in [4.78, 5) is 14.3. The molecule has 1 rings (SSSR count). The van der Waals surface area contributed by atoms with Crippen LogP contribution in [0.15, 0.2) is 18.3 Å². The number of nitrogens with zero attached hydrogens (tertiary/aromatic N) is 1. The van der Waals surface area contributed by atoms with Crippen LogP contribution < -0.4 is 15.8 Å². The van der Waals surface area contributed by atoms with Crippen LogP contribution in [-0.2, 0) is 0 Å². The summed E-state index contributed by atoms with van der Waals surface area (Å²) in [6.45, 7) is 0. The lowest BCUT2D eigenvalue weighted by atomic mass is 10.4. The first-order valence-corrected chi connectivity index (χ1v) is 3.29. The van der Waals surface area contributed by atoms with Crippen LogP contribution in [0.4, 0.5) is 10.5 Å². The number of carbonyl (C=O) groups excluding carboxylic acids is 1. The topological polar surface area (TPSA) is 77.2 Å². The standard InChI is InChI=1S/C7H9N3O2/c1-12-6-4-5(2-3-9-6)10-7(8)11/h2-4H,1H3,(H3,8,9,10,11). The van der Waals surface area contributed by atoms with Gasteiger partial charge in [-0.3, -0.25) is 0 Å². The fourth-order valence-electron chi connectivity index (χ4n) is 0.741. The molecule has 3 N–H and O–H groups in total. The molecule has 64 valence electrons. The van der Waals surface area contributed by atoms with E-state index in [4.69, 9.17) is 10.5 Å². The first-order chi connectivity index (χ1) is 5.72. The van der Waals surface area contributed by atoms with Crippen molar-refractivity contribution in [1.29, 1.82) is 0 Å². The maximum atomic E-state index is 10.4. The maximum absolute atomic E-state index is 10.4. The predicted octanol–water partition coefficient (Wildman–Crippen LogP) is 0.581. The van der Waals surface area contributed by atoms with Gasteiger partial charge < -0.3 is 15.8 Å². The molecule has 1 heterocycles. The Morgan fingerprint density at radius 3 is 3.08 bits per heavy atom. The lowest BCUT2D eigenvalue weighted by molar-refractivity contribution is 0.259. The van der Waals surface area contributed by atoms with E-state index in [9.17, 15) is 4.79 Å². The van der Waals surface area contributed by atoms with E-state index in [1.54, 1.807) is 12.1 Å². The number of aromatic nitrogens is 1. The average Bonchev–Trinajstić information content (AvgIpc) is 2.03. The number of hydrogen-bond acceptors (Lipinski definition) is 3. The van der Waals surface area contributed by atoms with Gasteiger partial charge in [-0.1, -0.05) is 0 Å². The number of amides is 2. The van der Waals surface area contributed by atoms with Gasteiger partial charge >= 0.3 is 6.03 Å². The Bertz CT molecular complexity index is 288. The summed E-state index contributed by atoms with van der Waals surface area (Å²) in [5, 5.41) is 2.40. The summed E-state index contributed by atoms with van der Waals surface area (Å²) in [6.07, 6.45) is 1.52. The minimum atomic E-state index is -0.608. The van der Waals surface area contributed by atoms with Crippen molar-refractivity contribution in [2.45, 2.75) is 0 Å². The van der Waals surface area contributed by atoms with Crippen LogP contribution in [0, 0.1) is 0 Å². The molecular formula is C7H9N3O2. The Morgan fingerprint density at radius 1 is 1.75 bits per heavy atom. The molecule has 2 amide bonds. The van der Waals surface area contributed by atoms with Crippen molar-refractivity contribution in [3.63, 3.8) is 0 Å². The van der Waals surface area contributed by atoms with Crippen molar-refractivity contribution < 1.29 is 9.53 Å². The van der Waals surface area contributed by atoms with Gasteiger partial charge in [0.15, 0.2) is 0 Å². The third-order valence-corrected chi connectivity index (χ3v) is 1.21.